The first-order valence-electron chi connectivity index (χ1n) is 21.6. The quantitative estimate of drug-likeness (QED) is 0.173. The molecule has 1 aliphatic rings. The number of aromatic nitrogens is 4. The van der Waals surface area contributed by atoms with E-state index >= 15 is 0 Å². The summed E-state index contributed by atoms with van der Waals surface area (Å²) in [6, 6.07) is 70.4. The maximum atomic E-state index is 6.68. The third-order valence-electron chi connectivity index (χ3n) is 13.1. The summed E-state index contributed by atoms with van der Waals surface area (Å²) in [5, 5.41) is 6.69. The lowest BCUT2D eigenvalue weighted by molar-refractivity contribution is 0.668. The van der Waals surface area contributed by atoms with Gasteiger partial charge in [0.25, 0.3) is 0 Å². The summed E-state index contributed by atoms with van der Waals surface area (Å²) < 4.78 is 15.6. The molecule has 13 aromatic rings. The molecule has 0 amide bonds. The normalized spacial score (nSPS) is 13.5. The Balaban J connectivity index is 0.918. The van der Waals surface area contributed by atoms with E-state index in [9.17, 15) is 0 Å². The van der Waals surface area contributed by atoms with Crippen LogP contribution in [0.2, 0.25) is 0 Å². The van der Waals surface area contributed by atoms with Crippen LogP contribution in [0.3, 0.4) is 0 Å². The highest BCUT2D eigenvalue weighted by atomic mass is 16.3. The van der Waals surface area contributed by atoms with Gasteiger partial charge in [0, 0.05) is 60.6 Å². The largest absolute Gasteiger partial charge is 0.456 e. The molecule has 0 fully saturated rings. The summed E-state index contributed by atoms with van der Waals surface area (Å²) in [7, 11) is 0. The van der Waals surface area contributed by atoms with Gasteiger partial charge in [-0.1, -0.05) is 140 Å². The van der Waals surface area contributed by atoms with Gasteiger partial charge < -0.3 is 13.4 Å². The molecule has 6 nitrogen and oxygen atoms in total. The zero-order valence-electron chi connectivity index (χ0n) is 34.2. The minimum Gasteiger partial charge on any atom is -0.456 e. The van der Waals surface area contributed by atoms with Crippen molar-refractivity contribution < 1.29 is 8.83 Å². The number of hydrogen-bond acceptors (Lipinski definition) is 5. The van der Waals surface area contributed by atoms with Gasteiger partial charge in [-0.25, -0.2) is 15.0 Å². The van der Waals surface area contributed by atoms with Crippen LogP contribution >= 0.6 is 0 Å². The standard InChI is InChI=1S/C58H34N4O2/c1-3-13-34(14-4-1)56-59-57(35-15-5-2-6-16-35)61-58(60-56)37-24-30-52-48(32-37)47-31-36(23-29-51(47)63-52)53-42-20-8-7-17-39(42)46-33-38(25-26-43(46)53)62-49-21-11-9-18-40(49)44-27-28-45-41-19-10-12-22-50(41)64-55(45)54(44)62/h1-33,53H. The summed E-state index contributed by atoms with van der Waals surface area (Å²) in [6.45, 7) is 0. The maximum absolute atomic E-state index is 6.68. The fourth-order valence-corrected chi connectivity index (χ4v) is 10.2. The van der Waals surface area contributed by atoms with Crippen molar-refractivity contribution in [3.05, 3.63) is 217 Å². The van der Waals surface area contributed by atoms with E-state index in [1.54, 1.807) is 0 Å². The van der Waals surface area contributed by atoms with Crippen molar-refractivity contribution in [2.75, 3.05) is 0 Å². The van der Waals surface area contributed by atoms with Crippen LogP contribution in [-0.2, 0) is 0 Å². The molecular weight excluding hydrogens is 785 g/mol. The second-order valence-electron chi connectivity index (χ2n) is 16.7. The van der Waals surface area contributed by atoms with Gasteiger partial charge in [-0.15, -0.1) is 0 Å². The van der Waals surface area contributed by atoms with E-state index in [4.69, 9.17) is 23.8 Å². The maximum Gasteiger partial charge on any atom is 0.164 e. The Morgan fingerprint density at radius 1 is 0.375 bits per heavy atom. The molecule has 14 rings (SSSR count). The zero-order chi connectivity index (χ0) is 41.9. The van der Waals surface area contributed by atoms with Gasteiger partial charge in [0.15, 0.2) is 23.1 Å². The van der Waals surface area contributed by atoms with Gasteiger partial charge in [0.2, 0.25) is 0 Å². The highest BCUT2D eigenvalue weighted by molar-refractivity contribution is 6.21. The average Bonchev–Trinajstić information content (AvgIpc) is 4.11. The minimum atomic E-state index is 0.0309. The van der Waals surface area contributed by atoms with Crippen LogP contribution in [0.25, 0.3) is 117 Å². The number of rotatable bonds is 5. The van der Waals surface area contributed by atoms with Crippen molar-refractivity contribution in [1.29, 1.82) is 0 Å². The lowest BCUT2D eigenvalue weighted by Crippen LogP contribution is -2.00. The number of furan rings is 2. The predicted octanol–water partition coefficient (Wildman–Crippen LogP) is 14.9. The fourth-order valence-electron chi connectivity index (χ4n) is 10.2. The van der Waals surface area contributed by atoms with Gasteiger partial charge in [0.1, 0.15) is 16.7 Å². The Morgan fingerprint density at radius 2 is 0.984 bits per heavy atom. The van der Waals surface area contributed by atoms with Crippen molar-refractivity contribution in [3.63, 3.8) is 0 Å². The number of para-hydroxylation sites is 2. The van der Waals surface area contributed by atoms with Crippen LogP contribution in [0, 0.1) is 0 Å². The van der Waals surface area contributed by atoms with Crippen molar-refractivity contribution in [2.24, 2.45) is 0 Å². The first-order valence-corrected chi connectivity index (χ1v) is 21.6. The molecule has 0 radical (unpaired) electrons. The summed E-state index contributed by atoms with van der Waals surface area (Å²) in [5.74, 6) is 1.90. The molecule has 0 saturated heterocycles. The zero-order valence-corrected chi connectivity index (χ0v) is 34.2. The molecule has 4 aromatic heterocycles. The SMILES string of the molecule is c1ccc(-c2nc(-c3ccccc3)nc(-c3ccc4oc5ccc(C6c7ccccc7-c7cc(-n8c9ccccc9c9ccc%10c%11ccccc%11oc%10c98)ccc76)cc5c4c3)n2)cc1. The van der Waals surface area contributed by atoms with E-state index in [-0.39, 0.29) is 5.92 Å². The van der Waals surface area contributed by atoms with Gasteiger partial charge >= 0.3 is 0 Å². The summed E-state index contributed by atoms with van der Waals surface area (Å²) in [4.78, 5) is 15.0. The van der Waals surface area contributed by atoms with Gasteiger partial charge in [-0.3, -0.25) is 0 Å². The van der Waals surface area contributed by atoms with E-state index in [0.29, 0.717) is 17.5 Å². The predicted molar refractivity (Wildman–Crippen MR) is 258 cm³/mol. The van der Waals surface area contributed by atoms with Gasteiger partial charge in [-0.05, 0) is 88.5 Å². The van der Waals surface area contributed by atoms with Crippen LogP contribution < -0.4 is 0 Å². The van der Waals surface area contributed by atoms with Crippen molar-refractivity contribution >= 4 is 65.7 Å². The molecule has 64 heavy (non-hydrogen) atoms. The van der Waals surface area contributed by atoms with E-state index in [1.165, 1.54) is 38.6 Å². The second kappa shape index (κ2) is 13.4. The third kappa shape index (κ3) is 5.17. The van der Waals surface area contributed by atoms with Crippen LogP contribution in [0.1, 0.15) is 22.6 Å². The topological polar surface area (TPSA) is 69.9 Å². The Labute approximate surface area is 366 Å². The molecule has 0 N–H and O–H groups in total. The van der Waals surface area contributed by atoms with Crippen LogP contribution in [0.4, 0.5) is 0 Å². The minimum absolute atomic E-state index is 0.0309. The number of nitrogens with zero attached hydrogens (tertiary/aromatic N) is 4. The van der Waals surface area contributed by atoms with Crippen LogP contribution in [0.5, 0.6) is 0 Å². The molecule has 9 aromatic carbocycles. The first kappa shape index (κ1) is 35.0. The van der Waals surface area contributed by atoms with E-state index in [1.807, 2.05) is 78.9 Å². The molecule has 0 bridgehead atoms. The van der Waals surface area contributed by atoms with Crippen molar-refractivity contribution in [1.82, 2.24) is 19.5 Å². The Morgan fingerprint density at radius 3 is 1.78 bits per heavy atom. The van der Waals surface area contributed by atoms with Crippen molar-refractivity contribution in [3.8, 4) is 51.0 Å². The molecule has 0 saturated carbocycles. The lowest BCUT2D eigenvalue weighted by atomic mass is 9.88. The van der Waals surface area contributed by atoms with E-state index < -0.39 is 0 Å². The summed E-state index contributed by atoms with van der Waals surface area (Å²) >= 11 is 0. The molecule has 298 valence electrons. The molecule has 0 spiro atoms. The molecule has 6 heteroatoms. The highest BCUT2D eigenvalue weighted by Gasteiger charge is 2.31. The van der Waals surface area contributed by atoms with Gasteiger partial charge in [0.05, 0.1) is 11.0 Å². The Hall–Kier alpha value is -8.61. The van der Waals surface area contributed by atoms with E-state index in [2.05, 4.69) is 126 Å². The highest BCUT2D eigenvalue weighted by Crippen LogP contribution is 2.50. The van der Waals surface area contributed by atoms with E-state index in [0.717, 1.165) is 77.3 Å². The monoisotopic (exact) mass is 818 g/mol. The van der Waals surface area contributed by atoms with Crippen molar-refractivity contribution in [2.45, 2.75) is 5.92 Å². The molecule has 0 aliphatic heterocycles. The lowest BCUT2D eigenvalue weighted by Gasteiger charge is -2.15. The first-order chi connectivity index (χ1) is 31.7. The molecule has 1 unspecified atom stereocenters. The van der Waals surface area contributed by atoms with Crippen LogP contribution in [-0.4, -0.2) is 19.5 Å². The molecule has 1 atom stereocenters. The molecular formula is C58H34N4O2. The second-order valence-corrected chi connectivity index (χ2v) is 16.7. The Kier molecular flexibility index (Phi) is 7.36. The fraction of sp³-hybridized carbons (Fsp3) is 0.0172. The average molecular weight is 819 g/mol. The van der Waals surface area contributed by atoms with Crippen LogP contribution in [0.15, 0.2) is 209 Å². The smallest absolute Gasteiger partial charge is 0.164 e. The number of hydrogen-bond donors (Lipinski definition) is 0. The summed E-state index contributed by atoms with van der Waals surface area (Å²) in [6.07, 6.45) is 0. The summed E-state index contributed by atoms with van der Waals surface area (Å²) in [5.41, 5.74) is 15.8. The molecule has 4 heterocycles. The van der Waals surface area contributed by atoms with Gasteiger partial charge in [-0.2, -0.15) is 0 Å². The molecule has 1 aliphatic carbocycles. The Bertz CT molecular complexity index is 3970. The number of fused-ring (bicyclic) bond motifs is 13. The third-order valence-corrected chi connectivity index (χ3v) is 13.1. The number of benzene rings is 9.